The topological polar surface area (TPSA) is 123 Å². The molecule has 1 aromatic carbocycles. The number of nitrogens with zero attached hydrogens (tertiary/aromatic N) is 5. The number of pyridine rings is 1. The van der Waals surface area contributed by atoms with E-state index in [1.54, 1.807) is 6.20 Å². The van der Waals surface area contributed by atoms with Gasteiger partial charge in [-0.05, 0) is 6.07 Å². The van der Waals surface area contributed by atoms with E-state index in [1.165, 1.54) is 11.3 Å². The van der Waals surface area contributed by atoms with E-state index < -0.39 is 0 Å². The standard InChI is InChI=1S/C26H25IN7O2S/c35-23(14-17-6-2-1-3-7-17)29-22-12-11-21(31-32-22)27-19-10-9-18(15-19)25-33-34-26(37-25)30-24(36)16-20-8-4-5-13-28-20/h1-8,11-13,18-19H,9-10,14-16H2,(H,29,32,35)(H,30,34,36)/q-1/t18-,19+/m1/s1. The van der Waals surface area contributed by atoms with Crippen LogP contribution in [0.5, 0.6) is 0 Å². The van der Waals surface area contributed by atoms with Crippen LogP contribution in [0.25, 0.3) is 0 Å². The van der Waals surface area contributed by atoms with Crippen LogP contribution >= 0.6 is 11.3 Å². The van der Waals surface area contributed by atoms with Gasteiger partial charge in [-0.3, -0.25) is 0 Å². The third-order valence-electron chi connectivity index (χ3n) is 5.85. The maximum absolute atomic E-state index is 12.3. The van der Waals surface area contributed by atoms with Gasteiger partial charge in [0.1, 0.15) is 0 Å². The fourth-order valence-corrected chi connectivity index (χ4v) is 8.07. The molecule has 1 aliphatic rings. The van der Waals surface area contributed by atoms with E-state index in [2.05, 4.69) is 36.0 Å². The average molecular weight is 627 g/mol. The summed E-state index contributed by atoms with van der Waals surface area (Å²) in [5.74, 6) is 0.582. The molecule has 2 amide bonds. The van der Waals surface area contributed by atoms with Crippen molar-refractivity contribution in [1.29, 1.82) is 0 Å². The first-order valence-corrected chi connectivity index (χ1v) is 15.1. The zero-order valence-electron chi connectivity index (χ0n) is 19.9. The number of carbonyl (C=O) groups excluding carboxylic acids is 2. The van der Waals surface area contributed by atoms with E-state index in [4.69, 9.17) is 0 Å². The van der Waals surface area contributed by atoms with Crippen molar-refractivity contribution in [3.63, 3.8) is 0 Å². The number of aromatic nitrogens is 5. The van der Waals surface area contributed by atoms with Crippen molar-refractivity contribution < 1.29 is 30.8 Å². The predicted octanol–water partition coefficient (Wildman–Crippen LogP) is 0.680. The van der Waals surface area contributed by atoms with Crippen molar-refractivity contribution in [3.05, 3.63) is 86.8 Å². The summed E-state index contributed by atoms with van der Waals surface area (Å²) in [5.41, 5.74) is 1.68. The Balaban J connectivity index is 1.08. The second kappa shape index (κ2) is 12.3. The SMILES string of the molecule is O=C(Cc1ccccc1)Nc1ccc([I-][C@H]2CC[C@@H](c3nnc(NC(=O)Cc4ccccn4)s3)C2)nn1. The Morgan fingerprint density at radius 2 is 1.70 bits per heavy atom. The van der Waals surface area contributed by atoms with Crippen molar-refractivity contribution >= 4 is 34.1 Å². The molecule has 37 heavy (non-hydrogen) atoms. The Bertz CT molecular complexity index is 1340. The molecule has 2 N–H and O–H groups in total. The van der Waals surface area contributed by atoms with Crippen molar-refractivity contribution in [3.8, 4) is 0 Å². The summed E-state index contributed by atoms with van der Waals surface area (Å²) in [6.45, 7) is 0. The summed E-state index contributed by atoms with van der Waals surface area (Å²) in [6.07, 6.45) is 5.42. The van der Waals surface area contributed by atoms with E-state index in [-0.39, 0.29) is 39.4 Å². The van der Waals surface area contributed by atoms with Gasteiger partial charge in [-0.25, -0.2) is 0 Å². The number of carbonyl (C=O) groups is 2. The molecule has 0 aliphatic heterocycles. The zero-order chi connectivity index (χ0) is 25.5. The monoisotopic (exact) mass is 626 g/mol. The number of amides is 2. The van der Waals surface area contributed by atoms with Crippen molar-refractivity contribution in [1.82, 2.24) is 25.4 Å². The Labute approximate surface area is 228 Å². The molecule has 3 aromatic heterocycles. The van der Waals surface area contributed by atoms with Crippen LogP contribution in [-0.4, -0.2) is 41.1 Å². The summed E-state index contributed by atoms with van der Waals surface area (Å²) in [4.78, 5) is 28.7. The number of hydrogen-bond acceptors (Lipinski definition) is 8. The first-order chi connectivity index (χ1) is 18.1. The molecule has 0 spiro atoms. The van der Waals surface area contributed by atoms with Crippen LogP contribution in [-0.2, 0) is 22.4 Å². The maximum atomic E-state index is 12.3. The molecular weight excluding hydrogens is 601 g/mol. The molecule has 0 saturated heterocycles. The number of alkyl halides is 1. The van der Waals surface area contributed by atoms with E-state index in [0.29, 0.717) is 27.2 Å². The van der Waals surface area contributed by atoms with Crippen molar-refractivity contribution in [2.45, 2.75) is 41.9 Å². The van der Waals surface area contributed by atoms with Crippen LogP contribution in [0, 0.1) is 3.70 Å². The molecule has 190 valence electrons. The Morgan fingerprint density at radius 3 is 2.49 bits per heavy atom. The van der Waals surface area contributed by atoms with Gasteiger partial charge >= 0.3 is 224 Å². The zero-order valence-corrected chi connectivity index (χ0v) is 22.9. The van der Waals surface area contributed by atoms with Gasteiger partial charge in [0.15, 0.2) is 0 Å². The summed E-state index contributed by atoms with van der Waals surface area (Å²) >= 11 is 1.14. The van der Waals surface area contributed by atoms with E-state index in [9.17, 15) is 9.59 Å². The molecule has 1 fully saturated rings. The second-order valence-corrected chi connectivity index (χ2v) is 13.2. The number of anilines is 2. The van der Waals surface area contributed by atoms with Crippen LogP contribution in [0.2, 0.25) is 0 Å². The van der Waals surface area contributed by atoms with Gasteiger partial charge in [-0.2, -0.15) is 0 Å². The van der Waals surface area contributed by atoms with Crippen molar-refractivity contribution in [2.24, 2.45) is 0 Å². The third kappa shape index (κ3) is 7.35. The van der Waals surface area contributed by atoms with Crippen LogP contribution in [0.15, 0.2) is 66.9 Å². The number of hydrogen-bond donors (Lipinski definition) is 2. The molecule has 0 radical (unpaired) electrons. The Hall–Kier alpha value is -3.32. The number of nitrogens with one attached hydrogen (secondary N) is 2. The van der Waals surface area contributed by atoms with Crippen LogP contribution in [0.1, 0.15) is 41.4 Å². The van der Waals surface area contributed by atoms with Gasteiger partial charge in [-0.15, -0.1) is 0 Å². The van der Waals surface area contributed by atoms with Crippen LogP contribution in [0.4, 0.5) is 10.9 Å². The predicted molar refractivity (Wildman–Crippen MR) is 136 cm³/mol. The molecule has 9 nitrogen and oxygen atoms in total. The molecular formula is C26H25IN7O2S-. The van der Waals surface area contributed by atoms with Gasteiger partial charge < -0.3 is 0 Å². The molecule has 11 heteroatoms. The minimum absolute atomic E-state index is 0.106. The quantitative estimate of drug-likeness (QED) is 0.207. The first kappa shape index (κ1) is 25.3. The van der Waals surface area contributed by atoms with E-state index in [1.807, 2.05) is 60.7 Å². The Kier molecular flexibility index (Phi) is 8.41. The van der Waals surface area contributed by atoms with Crippen LogP contribution in [0.3, 0.4) is 0 Å². The summed E-state index contributed by atoms with van der Waals surface area (Å²) in [7, 11) is 0. The fourth-order valence-electron chi connectivity index (χ4n) is 4.10. The fraction of sp³-hybridized carbons (Fsp3) is 0.269. The average Bonchev–Trinajstić information content (AvgIpc) is 3.56. The minimum atomic E-state index is -0.313. The third-order valence-corrected chi connectivity index (χ3v) is 10.1. The molecule has 4 aromatic rings. The summed E-state index contributed by atoms with van der Waals surface area (Å²) < 4.78 is 1.60. The van der Waals surface area contributed by atoms with Gasteiger partial charge in [0.05, 0.1) is 0 Å². The molecule has 0 unspecified atom stereocenters. The van der Waals surface area contributed by atoms with Gasteiger partial charge in [0.2, 0.25) is 0 Å². The number of halogens is 1. The molecule has 1 saturated carbocycles. The van der Waals surface area contributed by atoms with Gasteiger partial charge in [0.25, 0.3) is 0 Å². The summed E-state index contributed by atoms with van der Waals surface area (Å²) in [5, 5.41) is 24.3. The molecule has 0 bridgehead atoms. The molecule has 1 aliphatic carbocycles. The number of rotatable bonds is 9. The summed E-state index contributed by atoms with van der Waals surface area (Å²) in [6, 6.07) is 18.9. The molecule has 3 heterocycles. The van der Waals surface area contributed by atoms with Crippen molar-refractivity contribution in [2.75, 3.05) is 10.6 Å². The van der Waals surface area contributed by atoms with E-state index in [0.717, 1.165) is 39.2 Å². The van der Waals surface area contributed by atoms with Gasteiger partial charge in [0, 0.05) is 0 Å². The van der Waals surface area contributed by atoms with Crippen LogP contribution < -0.4 is 31.8 Å². The first-order valence-electron chi connectivity index (χ1n) is 11.9. The van der Waals surface area contributed by atoms with E-state index >= 15 is 0 Å². The van der Waals surface area contributed by atoms with Gasteiger partial charge in [-0.1, -0.05) is 0 Å². The second-order valence-electron chi connectivity index (χ2n) is 8.66. The Morgan fingerprint density at radius 1 is 0.865 bits per heavy atom. The normalized spacial score (nSPS) is 17.0. The number of benzene rings is 1. The molecule has 5 rings (SSSR count). The molecule has 2 atom stereocenters.